The summed E-state index contributed by atoms with van der Waals surface area (Å²) in [5.74, 6) is 1.18. The van der Waals surface area contributed by atoms with Gasteiger partial charge in [-0.2, -0.15) is 0 Å². The summed E-state index contributed by atoms with van der Waals surface area (Å²) in [5.41, 5.74) is 1.64. The van der Waals surface area contributed by atoms with Gasteiger partial charge in [-0.25, -0.2) is 0 Å². The Labute approximate surface area is 158 Å². The molecule has 0 saturated carbocycles. The minimum absolute atomic E-state index is 0.00143. The third-order valence-electron chi connectivity index (χ3n) is 4.81. The third kappa shape index (κ3) is 4.41. The molecule has 1 aliphatic rings. The van der Waals surface area contributed by atoms with Crippen LogP contribution in [0, 0.1) is 0 Å². The predicted octanol–water partition coefficient (Wildman–Crippen LogP) is 3.13. The van der Waals surface area contributed by atoms with Crippen molar-refractivity contribution in [2.24, 2.45) is 0 Å². The van der Waals surface area contributed by atoms with E-state index in [1.54, 1.807) is 0 Å². The van der Waals surface area contributed by atoms with E-state index < -0.39 is 0 Å². The number of carbonyl (C=O) groups excluding carboxylic acids is 1. The lowest BCUT2D eigenvalue weighted by Gasteiger charge is -2.31. The third-order valence-corrected chi connectivity index (χ3v) is 4.81. The molecule has 4 rings (SSSR count). The van der Waals surface area contributed by atoms with Gasteiger partial charge in [0.05, 0.1) is 6.54 Å². The molecule has 0 bridgehead atoms. The quantitative estimate of drug-likeness (QED) is 0.755. The number of rotatable bonds is 5. The molecule has 138 valence electrons. The zero-order valence-electron chi connectivity index (χ0n) is 15.0. The number of benzene rings is 2. The first kappa shape index (κ1) is 17.4. The summed E-state index contributed by atoms with van der Waals surface area (Å²) in [6.45, 7) is 2.42. The van der Waals surface area contributed by atoms with E-state index in [0.717, 1.165) is 31.5 Å². The smallest absolute Gasteiger partial charge is 0.251 e. The highest BCUT2D eigenvalue weighted by Crippen LogP contribution is 2.19. The topological polar surface area (TPSA) is 71.3 Å². The van der Waals surface area contributed by atoms with Crippen molar-refractivity contribution in [3.05, 3.63) is 72.1 Å². The number of carbonyl (C=O) groups is 1. The van der Waals surface area contributed by atoms with Crippen LogP contribution in [-0.4, -0.2) is 40.1 Å². The number of aromatic nitrogens is 2. The van der Waals surface area contributed by atoms with Crippen LogP contribution in [0.2, 0.25) is 0 Å². The number of piperidine rings is 1. The van der Waals surface area contributed by atoms with Crippen LogP contribution < -0.4 is 5.32 Å². The van der Waals surface area contributed by atoms with Crippen LogP contribution in [0.3, 0.4) is 0 Å². The fourth-order valence-electron chi connectivity index (χ4n) is 3.30. The maximum absolute atomic E-state index is 12.3. The molecule has 0 radical (unpaired) electrons. The summed E-state index contributed by atoms with van der Waals surface area (Å²) >= 11 is 0. The van der Waals surface area contributed by atoms with Crippen LogP contribution in [0.15, 0.2) is 65.1 Å². The Balaban J connectivity index is 1.27. The summed E-state index contributed by atoms with van der Waals surface area (Å²) in [6.07, 6.45) is 1.83. The van der Waals surface area contributed by atoms with Crippen LogP contribution in [0.25, 0.3) is 11.5 Å². The van der Waals surface area contributed by atoms with Gasteiger partial charge in [0.25, 0.3) is 5.91 Å². The monoisotopic (exact) mass is 362 g/mol. The fourth-order valence-corrected chi connectivity index (χ4v) is 3.30. The molecule has 0 spiro atoms. The van der Waals surface area contributed by atoms with Crippen LogP contribution in [0.1, 0.15) is 29.1 Å². The van der Waals surface area contributed by atoms with Crippen LogP contribution >= 0.6 is 0 Å². The minimum Gasteiger partial charge on any atom is -0.419 e. The molecule has 1 fully saturated rings. The molecule has 0 aliphatic carbocycles. The second kappa shape index (κ2) is 8.14. The minimum atomic E-state index is -0.00143. The van der Waals surface area contributed by atoms with Crippen LogP contribution in [-0.2, 0) is 6.54 Å². The highest BCUT2D eigenvalue weighted by atomic mass is 16.4. The lowest BCUT2D eigenvalue weighted by molar-refractivity contribution is 0.0905. The number of nitrogens with one attached hydrogen (secondary N) is 1. The second-order valence-corrected chi connectivity index (χ2v) is 6.76. The molecule has 6 nitrogen and oxygen atoms in total. The average molecular weight is 362 g/mol. The van der Waals surface area contributed by atoms with Crippen molar-refractivity contribution in [3.8, 4) is 11.5 Å². The zero-order valence-corrected chi connectivity index (χ0v) is 15.0. The zero-order chi connectivity index (χ0) is 18.5. The number of nitrogens with zero attached hydrogens (tertiary/aromatic N) is 3. The summed E-state index contributed by atoms with van der Waals surface area (Å²) < 4.78 is 5.79. The molecule has 2 aromatic carbocycles. The molecule has 1 aromatic heterocycles. The average Bonchev–Trinajstić information content (AvgIpc) is 3.19. The second-order valence-electron chi connectivity index (χ2n) is 6.76. The Hall–Kier alpha value is -2.99. The van der Waals surface area contributed by atoms with Crippen molar-refractivity contribution in [1.82, 2.24) is 20.4 Å². The number of likely N-dealkylation sites (tertiary alicyclic amines) is 1. The van der Waals surface area contributed by atoms with Crippen molar-refractivity contribution in [2.45, 2.75) is 25.4 Å². The van der Waals surface area contributed by atoms with E-state index >= 15 is 0 Å². The molecular weight excluding hydrogens is 340 g/mol. The molecule has 1 saturated heterocycles. The molecule has 2 heterocycles. The number of hydrogen-bond acceptors (Lipinski definition) is 5. The van der Waals surface area contributed by atoms with Gasteiger partial charge in [0.15, 0.2) is 0 Å². The van der Waals surface area contributed by atoms with E-state index in [4.69, 9.17) is 4.42 Å². The van der Waals surface area contributed by atoms with Crippen LogP contribution in [0.4, 0.5) is 0 Å². The van der Waals surface area contributed by atoms with Gasteiger partial charge in [-0.05, 0) is 37.1 Å². The van der Waals surface area contributed by atoms with Gasteiger partial charge in [-0.15, -0.1) is 10.2 Å². The molecule has 3 aromatic rings. The summed E-state index contributed by atoms with van der Waals surface area (Å²) in [4.78, 5) is 14.6. The Morgan fingerprint density at radius 3 is 2.37 bits per heavy atom. The first-order valence-electron chi connectivity index (χ1n) is 9.24. The molecule has 1 N–H and O–H groups in total. The van der Waals surface area contributed by atoms with E-state index in [1.807, 2.05) is 60.7 Å². The summed E-state index contributed by atoms with van der Waals surface area (Å²) in [7, 11) is 0. The van der Waals surface area contributed by atoms with E-state index in [9.17, 15) is 4.79 Å². The van der Waals surface area contributed by atoms with Gasteiger partial charge >= 0.3 is 0 Å². The van der Waals surface area contributed by atoms with E-state index in [1.165, 1.54) is 0 Å². The standard InChI is InChI=1S/C21H22N4O2/c26-20(16-7-3-1-4-8-16)22-18-11-13-25(14-12-18)15-19-23-24-21(27-19)17-9-5-2-6-10-17/h1-10,18H,11-15H2,(H,22,26). The Morgan fingerprint density at radius 1 is 1.00 bits per heavy atom. The fraction of sp³-hybridized carbons (Fsp3) is 0.286. The number of hydrogen-bond donors (Lipinski definition) is 1. The highest BCUT2D eigenvalue weighted by molar-refractivity contribution is 5.94. The molecular formula is C21H22N4O2. The van der Waals surface area contributed by atoms with Gasteiger partial charge in [0, 0.05) is 30.3 Å². The highest BCUT2D eigenvalue weighted by Gasteiger charge is 2.22. The molecule has 1 aliphatic heterocycles. The van der Waals surface area contributed by atoms with Crippen molar-refractivity contribution in [1.29, 1.82) is 0 Å². The Morgan fingerprint density at radius 2 is 1.67 bits per heavy atom. The van der Waals surface area contributed by atoms with Gasteiger partial charge < -0.3 is 9.73 Å². The molecule has 6 heteroatoms. The lowest BCUT2D eigenvalue weighted by Crippen LogP contribution is -2.44. The largest absolute Gasteiger partial charge is 0.419 e. The van der Waals surface area contributed by atoms with Gasteiger partial charge in [-0.3, -0.25) is 9.69 Å². The first-order valence-corrected chi connectivity index (χ1v) is 9.24. The molecule has 1 amide bonds. The van der Waals surface area contributed by atoms with Gasteiger partial charge in [0.1, 0.15) is 0 Å². The lowest BCUT2D eigenvalue weighted by atomic mass is 10.0. The number of amides is 1. The Kier molecular flexibility index (Phi) is 5.25. The maximum Gasteiger partial charge on any atom is 0.251 e. The Bertz CT molecular complexity index is 871. The van der Waals surface area contributed by atoms with Crippen molar-refractivity contribution >= 4 is 5.91 Å². The normalized spacial score (nSPS) is 15.6. The van der Waals surface area contributed by atoms with Crippen molar-refractivity contribution in [2.75, 3.05) is 13.1 Å². The SMILES string of the molecule is O=C(NC1CCN(Cc2nnc(-c3ccccc3)o2)CC1)c1ccccc1. The van der Waals surface area contributed by atoms with Crippen molar-refractivity contribution < 1.29 is 9.21 Å². The summed E-state index contributed by atoms with van der Waals surface area (Å²) in [6, 6.07) is 19.3. The van der Waals surface area contributed by atoms with Gasteiger partial charge in [-0.1, -0.05) is 36.4 Å². The van der Waals surface area contributed by atoms with Crippen LogP contribution in [0.5, 0.6) is 0 Å². The predicted molar refractivity (Wildman–Crippen MR) is 102 cm³/mol. The first-order chi connectivity index (χ1) is 13.3. The van der Waals surface area contributed by atoms with Crippen molar-refractivity contribution in [3.63, 3.8) is 0 Å². The molecule has 27 heavy (non-hydrogen) atoms. The molecule has 0 atom stereocenters. The van der Waals surface area contributed by atoms with E-state index in [0.29, 0.717) is 23.9 Å². The maximum atomic E-state index is 12.3. The van der Waals surface area contributed by atoms with Gasteiger partial charge in [0.2, 0.25) is 11.8 Å². The summed E-state index contributed by atoms with van der Waals surface area (Å²) in [5, 5.41) is 11.4. The molecule has 0 unspecified atom stereocenters. The van der Waals surface area contributed by atoms with E-state index in [2.05, 4.69) is 20.4 Å². The van der Waals surface area contributed by atoms with E-state index in [-0.39, 0.29) is 11.9 Å².